The van der Waals surface area contributed by atoms with Gasteiger partial charge >= 0.3 is 11.9 Å². The van der Waals surface area contributed by atoms with Gasteiger partial charge in [-0.25, -0.2) is 4.98 Å². The summed E-state index contributed by atoms with van der Waals surface area (Å²) in [6.45, 7) is 14.6. The highest BCUT2D eigenvalue weighted by Crippen LogP contribution is 2.48. The summed E-state index contributed by atoms with van der Waals surface area (Å²) < 4.78 is 5.28. The zero-order valence-electron chi connectivity index (χ0n) is 25.6. The molecule has 0 saturated carbocycles. The number of esters is 1. The van der Waals surface area contributed by atoms with E-state index >= 15 is 0 Å². The number of aromatic amines is 2. The van der Waals surface area contributed by atoms with E-state index in [2.05, 4.69) is 56.4 Å². The number of hydrogen-bond donors (Lipinski definition) is 3. The van der Waals surface area contributed by atoms with Crippen LogP contribution in [0.3, 0.4) is 0 Å². The van der Waals surface area contributed by atoms with Crippen LogP contribution in [-0.2, 0) is 27.2 Å². The van der Waals surface area contributed by atoms with Gasteiger partial charge in [-0.1, -0.05) is 26.5 Å². The van der Waals surface area contributed by atoms with Gasteiger partial charge < -0.3 is 19.8 Å². The minimum Gasteiger partial charge on any atom is -0.481 e. The van der Waals surface area contributed by atoms with Crippen molar-refractivity contribution in [1.29, 1.82) is 0 Å². The van der Waals surface area contributed by atoms with Crippen LogP contribution in [-0.4, -0.2) is 44.1 Å². The van der Waals surface area contributed by atoms with Crippen LogP contribution in [0, 0.1) is 13.8 Å². The number of aliphatic carboxylic acids is 1. The van der Waals surface area contributed by atoms with E-state index in [0.717, 1.165) is 79.1 Å². The number of aryl methyl sites for hydroxylation is 3. The van der Waals surface area contributed by atoms with E-state index in [-0.39, 0.29) is 24.2 Å². The molecule has 0 fully saturated rings. The molecule has 222 valence electrons. The third kappa shape index (κ3) is 4.51. The molecule has 3 aliphatic rings. The number of hydrogen-bond acceptors (Lipinski definition) is 5. The van der Waals surface area contributed by atoms with Crippen LogP contribution in [0.25, 0.3) is 33.2 Å². The molecule has 2 aliphatic heterocycles. The predicted molar refractivity (Wildman–Crippen MR) is 169 cm³/mol. The highest BCUT2D eigenvalue weighted by molar-refractivity contribution is 5.96. The zero-order chi connectivity index (χ0) is 30.7. The smallest absolute Gasteiger partial charge is 0.313 e. The molecule has 1 aliphatic carbocycles. The summed E-state index contributed by atoms with van der Waals surface area (Å²) in [5.41, 5.74) is 14.5. The molecule has 5 heterocycles. The monoisotopic (exact) mass is 578 g/mol. The van der Waals surface area contributed by atoms with E-state index in [9.17, 15) is 14.7 Å². The Hall–Kier alpha value is -4.46. The molecule has 0 amide bonds. The largest absolute Gasteiger partial charge is 0.481 e. The molecule has 8 heteroatoms. The number of nitrogens with zero attached hydrogens (tertiary/aromatic N) is 2. The van der Waals surface area contributed by atoms with Gasteiger partial charge in [0.2, 0.25) is 0 Å². The first-order chi connectivity index (χ1) is 20.6. The number of methoxy groups -OCH3 is 1. The fraction of sp³-hybridized carbons (Fsp3) is 0.371. The van der Waals surface area contributed by atoms with Crippen molar-refractivity contribution in [3.63, 3.8) is 0 Å². The lowest BCUT2D eigenvalue weighted by Crippen LogP contribution is -2.16. The van der Waals surface area contributed by atoms with Crippen LogP contribution < -0.4 is 0 Å². The molecular weight excluding hydrogens is 540 g/mol. The summed E-state index contributed by atoms with van der Waals surface area (Å²) in [7, 11) is 1.41. The lowest BCUT2D eigenvalue weighted by Gasteiger charge is -2.18. The van der Waals surface area contributed by atoms with Gasteiger partial charge in [-0.3, -0.25) is 14.6 Å². The van der Waals surface area contributed by atoms with Crippen molar-refractivity contribution in [3.05, 3.63) is 81.4 Å². The number of rotatable bonds is 6. The van der Waals surface area contributed by atoms with Crippen molar-refractivity contribution in [2.75, 3.05) is 7.11 Å². The summed E-state index contributed by atoms with van der Waals surface area (Å²) in [6, 6.07) is 6.27. The second-order valence-electron chi connectivity index (χ2n) is 11.9. The first-order valence-corrected chi connectivity index (χ1v) is 15.0. The van der Waals surface area contributed by atoms with Gasteiger partial charge in [-0.05, 0) is 86.1 Å². The van der Waals surface area contributed by atoms with Gasteiger partial charge in [0.15, 0.2) is 0 Å². The number of carboxylic acid groups (broad SMARTS) is 1. The number of allylic oxidation sites excluding steroid dienone is 3. The average molecular weight is 579 g/mol. The molecule has 3 aromatic rings. The standard InChI is InChI=1S/C35H38N4O4/c1-8-20-16(3)25-13-27-18(5)22(10-11-31(40)41)33(38-27)32-24(35(42)43-7)12-23-19(6)28(39-34(23)32)15-30-21(9-2)17(4)26(37-30)14-29(20)36-25/h8,13-15,18,22,24,37,39H,1,9-12H2,2-7H3,(H,40,41)/t18-,22-,24-/m0/s1. The number of carbonyl (C=O) groups excluding carboxylic acids is 1. The number of ether oxygens (including phenoxy) is 1. The first-order valence-electron chi connectivity index (χ1n) is 15.0. The lowest BCUT2D eigenvalue weighted by molar-refractivity contribution is -0.142. The second-order valence-corrected chi connectivity index (χ2v) is 11.9. The molecule has 3 atom stereocenters. The molecule has 0 spiro atoms. The van der Waals surface area contributed by atoms with Crippen LogP contribution in [0.15, 0.2) is 30.9 Å². The van der Waals surface area contributed by atoms with E-state index in [1.54, 1.807) is 0 Å². The molecular formula is C35H38N4O4. The zero-order valence-corrected chi connectivity index (χ0v) is 25.6. The van der Waals surface area contributed by atoms with Crippen LogP contribution in [0.4, 0.5) is 0 Å². The van der Waals surface area contributed by atoms with Crippen molar-refractivity contribution >= 4 is 45.2 Å². The molecule has 3 aromatic heterocycles. The second kappa shape index (κ2) is 10.7. The number of carbonyl (C=O) groups is 2. The Balaban J connectivity index is 1.79. The van der Waals surface area contributed by atoms with E-state index < -0.39 is 11.9 Å². The van der Waals surface area contributed by atoms with E-state index in [4.69, 9.17) is 14.7 Å². The first kappa shape index (κ1) is 28.6. The highest BCUT2D eigenvalue weighted by atomic mass is 16.5. The van der Waals surface area contributed by atoms with Crippen LogP contribution in [0.5, 0.6) is 0 Å². The van der Waals surface area contributed by atoms with E-state index in [1.807, 2.05) is 19.1 Å². The fourth-order valence-corrected chi connectivity index (χ4v) is 7.21. The summed E-state index contributed by atoms with van der Waals surface area (Å²) in [6.07, 6.45) is 3.63. The number of aromatic nitrogens is 4. The Kier molecular flexibility index (Phi) is 7.11. The minimum absolute atomic E-state index is 0.00850. The molecule has 0 unspecified atom stereocenters. The van der Waals surface area contributed by atoms with Crippen molar-refractivity contribution in [1.82, 2.24) is 19.9 Å². The highest BCUT2D eigenvalue weighted by Gasteiger charge is 2.40. The molecule has 43 heavy (non-hydrogen) atoms. The maximum atomic E-state index is 13.2. The molecule has 8 nitrogen and oxygen atoms in total. The number of fused-ring (bicyclic) bond motifs is 8. The SMILES string of the molecule is C=CC1=C(C)c2cc3nc(c4c5[nH]c(cc6[nH]c(cc1n2)c(C)c6CC)c(C)c5C[C@@H]4C(=O)OC)[C@@H](CCC(=O)O)[C@@H]3C. The lowest BCUT2D eigenvalue weighted by atomic mass is 9.84. The van der Waals surface area contributed by atoms with E-state index in [1.165, 1.54) is 18.2 Å². The topological polar surface area (TPSA) is 121 Å². The van der Waals surface area contributed by atoms with Crippen LogP contribution in [0.2, 0.25) is 0 Å². The van der Waals surface area contributed by atoms with Gasteiger partial charge in [0.1, 0.15) is 0 Å². The Morgan fingerprint density at radius 1 is 1.07 bits per heavy atom. The van der Waals surface area contributed by atoms with Gasteiger partial charge in [-0.15, -0.1) is 0 Å². The summed E-state index contributed by atoms with van der Waals surface area (Å²) in [5.74, 6) is -1.94. The Bertz CT molecular complexity index is 1910. The van der Waals surface area contributed by atoms with Gasteiger partial charge in [0.05, 0.1) is 30.1 Å². The predicted octanol–water partition coefficient (Wildman–Crippen LogP) is 7.18. The molecule has 8 bridgehead atoms. The summed E-state index contributed by atoms with van der Waals surface area (Å²) in [5, 5.41) is 9.61. The number of H-pyrrole nitrogens is 2. The normalized spacial score (nSPS) is 19.2. The molecule has 0 radical (unpaired) electrons. The van der Waals surface area contributed by atoms with Gasteiger partial charge in [0.25, 0.3) is 0 Å². The van der Waals surface area contributed by atoms with E-state index in [0.29, 0.717) is 12.8 Å². The van der Waals surface area contributed by atoms with Crippen molar-refractivity contribution in [2.24, 2.45) is 0 Å². The Morgan fingerprint density at radius 2 is 1.81 bits per heavy atom. The summed E-state index contributed by atoms with van der Waals surface area (Å²) in [4.78, 5) is 42.5. The Labute approximate surface area is 251 Å². The van der Waals surface area contributed by atoms with Crippen molar-refractivity contribution in [3.8, 4) is 0 Å². The maximum absolute atomic E-state index is 13.2. The van der Waals surface area contributed by atoms with Gasteiger partial charge in [0, 0.05) is 57.2 Å². The number of nitrogens with one attached hydrogen (secondary N) is 2. The van der Waals surface area contributed by atoms with Crippen molar-refractivity contribution < 1.29 is 19.4 Å². The van der Waals surface area contributed by atoms with Crippen molar-refractivity contribution in [2.45, 2.75) is 78.1 Å². The quantitative estimate of drug-likeness (QED) is 0.267. The Morgan fingerprint density at radius 3 is 2.49 bits per heavy atom. The third-order valence-corrected chi connectivity index (χ3v) is 9.71. The van der Waals surface area contributed by atoms with Gasteiger partial charge in [-0.2, -0.15) is 0 Å². The molecule has 3 N–H and O–H groups in total. The fourth-order valence-electron chi connectivity index (χ4n) is 7.21. The minimum atomic E-state index is -0.854. The number of carboxylic acids is 1. The third-order valence-electron chi connectivity index (χ3n) is 9.71. The average Bonchev–Trinajstić information content (AvgIpc) is 3.73. The maximum Gasteiger partial charge on any atom is 0.313 e. The molecule has 0 aromatic carbocycles. The van der Waals surface area contributed by atoms with Crippen LogP contribution in [0.1, 0.15) is 102 Å². The summed E-state index contributed by atoms with van der Waals surface area (Å²) >= 11 is 0. The molecule has 6 rings (SSSR count). The van der Waals surface area contributed by atoms with Crippen LogP contribution >= 0.6 is 0 Å². The molecule has 0 saturated heterocycles.